The van der Waals surface area contributed by atoms with E-state index in [2.05, 4.69) is 19.1 Å². The molecule has 0 amide bonds. The topological polar surface area (TPSA) is 54.0 Å². The number of rotatable bonds is 16. The predicted molar refractivity (Wildman–Crippen MR) is 123 cm³/mol. The first-order valence-electron chi connectivity index (χ1n) is 12.3. The van der Waals surface area contributed by atoms with Crippen LogP contribution in [0, 0.1) is 0 Å². The third-order valence-electron chi connectivity index (χ3n) is 5.65. The van der Waals surface area contributed by atoms with Crippen molar-refractivity contribution in [2.24, 2.45) is 0 Å². The van der Waals surface area contributed by atoms with Crippen LogP contribution in [0.3, 0.4) is 0 Å². The Hall–Kier alpha value is -1.43. The first kappa shape index (κ1) is 25.8. The number of ether oxygens (including phenoxy) is 4. The van der Waals surface area contributed by atoms with E-state index in [9.17, 15) is 4.79 Å². The quantitative estimate of drug-likeness (QED) is 0.229. The summed E-state index contributed by atoms with van der Waals surface area (Å²) in [6, 6.07) is 10.2. The van der Waals surface area contributed by atoms with Crippen LogP contribution in [-0.4, -0.2) is 37.7 Å². The molecule has 1 saturated heterocycles. The average molecular weight is 435 g/mol. The van der Waals surface area contributed by atoms with Gasteiger partial charge in [-0.15, -0.1) is 0 Å². The number of hydrogen-bond acceptors (Lipinski definition) is 5. The molecule has 0 unspecified atom stereocenters. The van der Waals surface area contributed by atoms with Gasteiger partial charge in [-0.05, 0) is 44.6 Å². The fraction of sp³-hybridized carbons (Fsp3) is 0.731. The van der Waals surface area contributed by atoms with Gasteiger partial charge >= 0.3 is 5.97 Å². The second-order valence-electron chi connectivity index (χ2n) is 8.41. The fourth-order valence-electron chi connectivity index (χ4n) is 4.00. The number of esters is 1. The lowest BCUT2D eigenvalue weighted by atomic mass is 9.99. The summed E-state index contributed by atoms with van der Waals surface area (Å²) in [5.74, 6) is -0.113. The highest BCUT2D eigenvalue weighted by molar-refractivity contribution is 5.69. The van der Waals surface area contributed by atoms with E-state index in [0.717, 1.165) is 38.5 Å². The highest BCUT2D eigenvalue weighted by Gasteiger charge is 2.29. The second-order valence-corrected chi connectivity index (χ2v) is 8.41. The van der Waals surface area contributed by atoms with Crippen LogP contribution >= 0.6 is 0 Å². The molecule has 0 aromatic heterocycles. The van der Waals surface area contributed by atoms with Crippen LogP contribution < -0.4 is 0 Å². The molecule has 1 aromatic carbocycles. The van der Waals surface area contributed by atoms with Crippen LogP contribution in [-0.2, 0) is 30.3 Å². The van der Waals surface area contributed by atoms with Gasteiger partial charge in [-0.25, -0.2) is 0 Å². The Morgan fingerprint density at radius 3 is 2.39 bits per heavy atom. The van der Waals surface area contributed by atoms with Crippen molar-refractivity contribution in [3.8, 4) is 0 Å². The largest absolute Gasteiger partial charge is 0.466 e. The third-order valence-corrected chi connectivity index (χ3v) is 5.65. The lowest BCUT2D eigenvalue weighted by Crippen LogP contribution is -2.38. The summed E-state index contributed by atoms with van der Waals surface area (Å²) >= 11 is 0. The lowest BCUT2D eigenvalue weighted by molar-refractivity contribution is -0.248. The zero-order chi connectivity index (χ0) is 22.2. The van der Waals surface area contributed by atoms with Gasteiger partial charge in [-0.2, -0.15) is 0 Å². The highest BCUT2D eigenvalue weighted by atomic mass is 16.7. The molecule has 1 aromatic rings. The number of unbranched alkanes of at least 4 members (excludes halogenated alkanes) is 3. The number of hydrogen-bond donors (Lipinski definition) is 0. The zero-order valence-electron chi connectivity index (χ0n) is 19.6. The monoisotopic (exact) mass is 434 g/mol. The Kier molecular flexibility index (Phi) is 13.5. The van der Waals surface area contributed by atoms with Gasteiger partial charge in [0.25, 0.3) is 0 Å². The highest BCUT2D eigenvalue weighted by Crippen LogP contribution is 2.28. The average Bonchev–Trinajstić information content (AvgIpc) is 2.77. The molecule has 0 saturated carbocycles. The lowest BCUT2D eigenvalue weighted by Gasteiger charge is -2.36. The normalized spacial score (nSPS) is 21.2. The van der Waals surface area contributed by atoms with Crippen molar-refractivity contribution in [2.45, 2.75) is 110 Å². The number of carbonyl (C=O) groups excluding carboxylic acids is 1. The Morgan fingerprint density at radius 1 is 0.935 bits per heavy atom. The molecule has 176 valence electrons. The Bertz CT molecular complexity index is 576. The van der Waals surface area contributed by atoms with Gasteiger partial charge in [0.05, 0.1) is 25.4 Å². The molecule has 0 bridgehead atoms. The summed E-state index contributed by atoms with van der Waals surface area (Å²) in [6.45, 7) is 5.87. The summed E-state index contributed by atoms with van der Waals surface area (Å²) in [7, 11) is 0. The van der Waals surface area contributed by atoms with E-state index in [-0.39, 0.29) is 24.5 Å². The van der Waals surface area contributed by atoms with Crippen LogP contribution in [0.1, 0.15) is 90.0 Å². The van der Waals surface area contributed by atoms with E-state index in [0.29, 0.717) is 26.2 Å². The molecule has 0 spiro atoms. The van der Waals surface area contributed by atoms with Gasteiger partial charge in [0, 0.05) is 19.4 Å². The van der Waals surface area contributed by atoms with Crippen LogP contribution in [0.15, 0.2) is 30.3 Å². The van der Waals surface area contributed by atoms with Crippen LogP contribution in [0.25, 0.3) is 0 Å². The third kappa shape index (κ3) is 11.7. The van der Waals surface area contributed by atoms with Crippen molar-refractivity contribution in [3.63, 3.8) is 0 Å². The van der Waals surface area contributed by atoms with Crippen LogP contribution in [0.4, 0.5) is 0 Å². The molecule has 0 aliphatic carbocycles. The zero-order valence-corrected chi connectivity index (χ0v) is 19.6. The van der Waals surface area contributed by atoms with E-state index in [1.165, 1.54) is 31.2 Å². The summed E-state index contributed by atoms with van der Waals surface area (Å²) in [4.78, 5) is 11.6. The Balaban J connectivity index is 1.71. The number of carbonyl (C=O) groups is 1. The van der Waals surface area contributed by atoms with E-state index < -0.39 is 0 Å². The number of benzene rings is 1. The van der Waals surface area contributed by atoms with E-state index in [1.54, 1.807) is 0 Å². The van der Waals surface area contributed by atoms with Crippen LogP contribution in [0.2, 0.25) is 0 Å². The maximum absolute atomic E-state index is 11.6. The Labute approximate surface area is 188 Å². The molecule has 1 heterocycles. The van der Waals surface area contributed by atoms with E-state index in [1.807, 2.05) is 25.1 Å². The summed E-state index contributed by atoms with van der Waals surface area (Å²) in [5.41, 5.74) is 1.20. The van der Waals surface area contributed by atoms with E-state index >= 15 is 0 Å². The molecule has 3 atom stereocenters. The van der Waals surface area contributed by atoms with Gasteiger partial charge in [0.1, 0.15) is 0 Å². The van der Waals surface area contributed by atoms with Crippen molar-refractivity contribution in [2.75, 3.05) is 13.2 Å². The molecule has 1 fully saturated rings. The molecule has 5 nitrogen and oxygen atoms in total. The maximum Gasteiger partial charge on any atom is 0.305 e. The first-order chi connectivity index (χ1) is 15.2. The van der Waals surface area contributed by atoms with Crippen molar-refractivity contribution in [1.29, 1.82) is 0 Å². The molecule has 2 rings (SSSR count). The van der Waals surface area contributed by atoms with Crippen molar-refractivity contribution in [3.05, 3.63) is 35.9 Å². The molecule has 31 heavy (non-hydrogen) atoms. The fourth-order valence-corrected chi connectivity index (χ4v) is 4.00. The minimum atomic E-state index is -0.169. The van der Waals surface area contributed by atoms with Gasteiger partial charge in [-0.1, -0.05) is 62.9 Å². The smallest absolute Gasteiger partial charge is 0.305 e. The standard InChI is InChI=1S/C26H42O5/c1-3-5-6-10-15-23-20-24(16-11-17-25(27)29-4-2)31-26(30-23)18-12-19-28-21-22-13-8-7-9-14-22/h7-9,13-14,23-24,26H,3-6,10-12,15-21H2,1-2H3/t23-,24-,26-/m0/s1. The first-order valence-corrected chi connectivity index (χ1v) is 12.3. The van der Waals surface area contributed by atoms with E-state index in [4.69, 9.17) is 18.9 Å². The molecule has 0 radical (unpaired) electrons. The van der Waals surface area contributed by atoms with Crippen molar-refractivity contribution in [1.82, 2.24) is 0 Å². The molecular weight excluding hydrogens is 392 g/mol. The van der Waals surface area contributed by atoms with Crippen molar-refractivity contribution >= 4 is 5.97 Å². The predicted octanol–water partition coefficient (Wildman–Crippen LogP) is 6.19. The SMILES string of the molecule is CCCCCC[C@H]1C[C@H](CCCC(=O)OCC)O[C@@H](CCCOCc2ccccc2)O1. The van der Waals surface area contributed by atoms with Gasteiger partial charge < -0.3 is 18.9 Å². The maximum atomic E-state index is 11.6. The summed E-state index contributed by atoms with van der Waals surface area (Å²) in [5, 5.41) is 0. The summed E-state index contributed by atoms with van der Waals surface area (Å²) in [6.07, 6.45) is 11.2. The molecule has 1 aliphatic heterocycles. The molecule has 5 heteroatoms. The minimum absolute atomic E-state index is 0.113. The van der Waals surface area contributed by atoms with Gasteiger partial charge in [0.2, 0.25) is 0 Å². The summed E-state index contributed by atoms with van der Waals surface area (Å²) < 4.78 is 23.3. The van der Waals surface area contributed by atoms with Gasteiger partial charge in [-0.3, -0.25) is 4.79 Å². The van der Waals surface area contributed by atoms with Crippen molar-refractivity contribution < 1.29 is 23.7 Å². The molecular formula is C26H42O5. The Morgan fingerprint density at radius 2 is 1.68 bits per heavy atom. The molecule has 1 aliphatic rings. The minimum Gasteiger partial charge on any atom is -0.466 e. The molecule has 0 N–H and O–H groups in total. The van der Waals surface area contributed by atoms with Gasteiger partial charge in [0.15, 0.2) is 6.29 Å². The second kappa shape index (κ2) is 16.2. The van der Waals surface area contributed by atoms with Crippen LogP contribution in [0.5, 0.6) is 0 Å².